The highest BCUT2D eigenvalue weighted by Crippen LogP contribution is 2.23. The number of carbonyl (C=O) groups is 1. The maximum Gasteiger partial charge on any atom is 0.281 e. The fraction of sp³-hybridized carbons (Fsp3) is 0.650. The zero-order chi connectivity index (χ0) is 19.1. The molecule has 2 aliphatic rings. The fourth-order valence-corrected chi connectivity index (χ4v) is 5.69. The molecule has 7 heteroatoms. The lowest BCUT2D eigenvalue weighted by atomic mass is 9.99. The minimum Gasteiger partial charge on any atom is -0.356 e. The highest BCUT2D eigenvalue weighted by molar-refractivity contribution is 7.86. The van der Waals surface area contributed by atoms with Crippen LogP contribution in [-0.2, 0) is 21.4 Å². The molecule has 3 rings (SSSR count). The summed E-state index contributed by atoms with van der Waals surface area (Å²) in [7, 11) is -3.43. The normalized spacial score (nSPS) is 22.4. The molecule has 27 heavy (non-hydrogen) atoms. The third-order valence-electron chi connectivity index (χ3n) is 5.51. The predicted octanol–water partition coefficient (Wildman–Crippen LogP) is 2.18. The average molecular weight is 394 g/mol. The number of nitrogens with zero attached hydrogens (tertiary/aromatic N) is 2. The van der Waals surface area contributed by atoms with Crippen LogP contribution in [-0.4, -0.2) is 55.7 Å². The molecule has 1 amide bonds. The van der Waals surface area contributed by atoms with Crippen LogP contribution in [0.25, 0.3) is 0 Å². The summed E-state index contributed by atoms with van der Waals surface area (Å²) in [6, 6.07) is 10.2. The van der Waals surface area contributed by atoms with E-state index in [0.717, 1.165) is 44.9 Å². The minimum atomic E-state index is -3.43. The van der Waals surface area contributed by atoms with Gasteiger partial charge in [0.05, 0.1) is 5.92 Å². The minimum absolute atomic E-state index is 0.0124. The maximum absolute atomic E-state index is 12.8. The van der Waals surface area contributed by atoms with Gasteiger partial charge in [0.1, 0.15) is 0 Å². The quantitative estimate of drug-likeness (QED) is 0.722. The summed E-state index contributed by atoms with van der Waals surface area (Å²) in [4.78, 5) is 12.5. The Morgan fingerprint density at radius 2 is 1.70 bits per heavy atom. The molecule has 0 aromatic heterocycles. The molecule has 6 nitrogen and oxygen atoms in total. The van der Waals surface area contributed by atoms with Gasteiger partial charge in [-0.3, -0.25) is 4.79 Å². The summed E-state index contributed by atoms with van der Waals surface area (Å²) in [5, 5.41) is 3.00. The van der Waals surface area contributed by atoms with Crippen molar-refractivity contribution in [1.82, 2.24) is 13.9 Å². The highest BCUT2D eigenvalue weighted by atomic mass is 32.2. The molecule has 0 spiro atoms. The van der Waals surface area contributed by atoms with Gasteiger partial charge in [0.25, 0.3) is 10.2 Å². The van der Waals surface area contributed by atoms with Gasteiger partial charge in [-0.25, -0.2) is 0 Å². The Kier molecular flexibility index (Phi) is 7.26. The number of hydrogen-bond donors (Lipinski definition) is 1. The summed E-state index contributed by atoms with van der Waals surface area (Å²) in [5.74, 6) is -0.253. The van der Waals surface area contributed by atoms with Crippen LogP contribution in [0.5, 0.6) is 0 Å². The molecule has 2 heterocycles. The Hall–Kier alpha value is -1.44. The predicted molar refractivity (Wildman–Crippen MR) is 106 cm³/mol. The van der Waals surface area contributed by atoms with E-state index >= 15 is 0 Å². The van der Waals surface area contributed by atoms with Gasteiger partial charge in [0, 0.05) is 32.7 Å². The topological polar surface area (TPSA) is 69.7 Å². The van der Waals surface area contributed by atoms with Crippen molar-refractivity contribution < 1.29 is 13.2 Å². The van der Waals surface area contributed by atoms with E-state index in [0.29, 0.717) is 32.7 Å². The molecule has 2 saturated heterocycles. The second kappa shape index (κ2) is 9.66. The molecule has 0 bridgehead atoms. The standard InChI is InChI=1S/C20H31N3O3S/c24-20(21-13-7-11-18-9-3-1-4-10-18)19-12-8-16-23(17-19)27(25,26)22-14-5-2-6-15-22/h1,3-4,9-10,19H,2,5-8,11-17H2,(H,21,24)/t19-/m0/s1. The van der Waals surface area contributed by atoms with E-state index in [-0.39, 0.29) is 11.8 Å². The van der Waals surface area contributed by atoms with Gasteiger partial charge in [-0.2, -0.15) is 17.0 Å². The zero-order valence-corrected chi connectivity index (χ0v) is 16.8. The van der Waals surface area contributed by atoms with Crippen LogP contribution in [0.15, 0.2) is 30.3 Å². The summed E-state index contributed by atoms with van der Waals surface area (Å²) >= 11 is 0. The van der Waals surface area contributed by atoms with Gasteiger partial charge >= 0.3 is 0 Å². The Labute approximate surface area is 163 Å². The van der Waals surface area contributed by atoms with Gasteiger partial charge in [-0.15, -0.1) is 0 Å². The lowest BCUT2D eigenvalue weighted by molar-refractivity contribution is -0.126. The second-order valence-electron chi connectivity index (χ2n) is 7.54. The number of rotatable bonds is 7. The Morgan fingerprint density at radius 1 is 1.00 bits per heavy atom. The monoisotopic (exact) mass is 393 g/mol. The van der Waals surface area contributed by atoms with Crippen molar-refractivity contribution in [2.45, 2.75) is 44.9 Å². The smallest absolute Gasteiger partial charge is 0.281 e. The molecular formula is C20H31N3O3S. The van der Waals surface area contributed by atoms with E-state index < -0.39 is 10.2 Å². The molecule has 1 aromatic rings. The number of carbonyl (C=O) groups excluding carboxylic acids is 1. The molecule has 0 radical (unpaired) electrons. The molecule has 0 aliphatic carbocycles. The second-order valence-corrected chi connectivity index (χ2v) is 9.47. The summed E-state index contributed by atoms with van der Waals surface area (Å²) < 4.78 is 28.8. The average Bonchev–Trinajstić information content (AvgIpc) is 2.72. The van der Waals surface area contributed by atoms with Crippen molar-refractivity contribution in [2.24, 2.45) is 5.92 Å². The number of aryl methyl sites for hydroxylation is 1. The number of nitrogens with one attached hydrogen (secondary N) is 1. The number of amides is 1. The van der Waals surface area contributed by atoms with Crippen LogP contribution in [0.2, 0.25) is 0 Å². The van der Waals surface area contributed by atoms with Gasteiger partial charge < -0.3 is 5.32 Å². The first-order valence-electron chi connectivity index (χ1n) is 10.1. The van der Waals surface area contributed by atoms with Gasteiger partial charge in [0.15, 0.2) is 0 Å². The molecule has 1 N–H and O–H groups in total. The van der Waals surface area contributed by atoms with E-state index in [1.165, 1.54) is 9.87 Å². The lowest BCUT2D eigenvalue weighted by Crippen LogP contribution is -2.51. The molecule has 2 fully saturated rings. The van der Waals surface area contributed by atoms with E-state index in [1.807, 2.05) is 18.2 Å². The van der Waals surface area contributed by atoms with Gasteiger partial charge in [0.2, 0.25) is 5.91 Å². The van der Waals surface area contributed by atoms with Crippen LogP contribution >= 0.6 is 0 Å². The Morgan fingerprint density at radius 3 is 2.44 bits per heavy atom. The van der Waals surface area contributed by atoms with Crippen molar-refractivity contribution in [1.29, 1.82) is 0 Å². The van der Waals surface area contributed by atoms with E-state index in [9.17, 15) is 13.2 Å². The van der Waals surface area contributed by atoms with Crippen molar-refractivity contribution in [3.05, 3.63) is 35.9 Å². The summed E-state index contributed by atoms with van der Waals surface area (Å²) in [6.07, 6.45) is 6.28. The first kappa shape index (κ1) is 20.3. The van der Waals surface area contributed by atoms with Gasteiger partial charge in [-0.1, -0.05) is 36.8 Å². The zero-order valence-electron chi connectivity index (χ0n) is 16.0. The largest absolute Gasteiger partial charge is 0.356 e. The van der Waals surface area contributed by atoms with Crippen LogP contribution in [0.1, 0.15) is 44.1 Å². The SMILES string of the molecule is O=C(NCCCc1ccccc1)[C@H]1CCCN(S(=O)(=O)N2CCCCC2)C1. The van der Waals surface area contributed by atoms with Crippen LogP contribution in [0, 0.1) is 5.92 Å². The highest BCUT2D eigenvalue weighted by Gasteiger charge is 2.36. The molecule has 1 aromatic carbocycles. The van der Waals surface area contributed by atoms with Crippen molar-refractivity contribution in [2.75, 3.05) is 32.7 Å². The van der Waals surface area contributed by atoms with Crippen LogP contribution in [0.3, 0.4) is 0 Å². The molecular weight excluding hydrogens is 362 g/mol. The lowest BCUT2D eigenvalue weighted by Gasteiger charge is -2.36. The maximum atomic E-state index is 12.8. The molecule has 0 saturated carbocycles. The molecule has 150 valence electrons. The first-order valence-corrected chi connectivity index (χ1v) is 11.5. The van der Waals surface area contributed by atoms with Crippen LogP contribution < -0.4 is 5.32 Å². The summed E-state index contributed by atoms with van der Waals surface area (Å²) in [5.41, 5.74) is 1.27. The van der Waals surface area contributed by atoms with E-state index in [4.69, 9.17) is 0 Å². The van der Waals surface area contributed by atoms with E-state index in [2.05, 4.69) is 17.4 Å². The number of hydrogen-bond acceptors (Lipinski definition) is 3. The molecule has 2 aliphatic heterocycles. The number of benzene rings is 1. The Balaban J connectivity index is 1.46. The Bertz CT molecular complexity index is 702. The first-order chi connectivity index (χ1) is 13.1. The van der Waals surface area contributed by atoms with Crippen molar-refractivity contribution in [3.63, 3.8) is 0 Å². The van der Waals surface area contributed by atoms with Crippen molar-refractivity contribution in [3.8, 4) is 0 Å². The third-order valence-corrected chi connectivity index (χ3v) is 7.51. The third kappa shape index (κ3) is 5.53. The molecule has 1 atom stereocenters. The fourth-order valence-electron chi connectivity index (χ4n) is 3.92. The van der Waals surface area contributed by atoms with E-state index in [1.54, 1.807) is 4.31 Å². The molecule has 0 unspecified atom stereocenters. The van der Waals surface area contributed by atoms with Crippen molar-refractivity contribution >= 4 is 16.1 Å². The van der Waals surface area contributed by atoms with Crippen LogP contribution in [0.4, 0.5) is 0 Å². The van der Waals surface area contributed by atoms with Gasteiger partial charge in [-0.05, 0) is 44.1 Å². The summed E-state index contributed by atoms with van der Waals surface area (Å²) in [6.45, 7) is 2.67. The number of piperidine rings is 2.